The fraction of sp³-hybridized carbons (Fsp3) is 0.0833. The second kappa shape index (κ2) is 4.97. The molecule has 2 aromatic rings. The van der Waals surface area contributed by atoms with Crippen molar-refractivity contribution in [3.05, 3.63) is 45.5 Å². The molecule has 0 spiro atoms. The molecule has 0 saturated heterocycles. The minimum Gasteiger partial charge on any atom is -0.494 e. The van der Waals surface area contributed by atoms with E-state index in [9.17, 15) is 9.18 Å². The zero-order valence-corrected chi connectivity index (χ0v) is 11.5. The number of aromatic carboxylic acids is 1. The molecule has 0 aliphatic carbocycles. The molecule has 6 heteroatoms. The van der Waals surface area contributed by atoms with E-state index in [-0.39, 0.29) is 11.4 Å². The number of nitrogens with zero attached hydrogens (tertiary/aromatic N) is 1. The number of aromatic nitrogens is 1. The zero-order chi connectivity index (χ0) is 13.3. The Morgan fingerprint density at radius 3 is 2.78 bits per heavy atom. The van der Waals surface area contributed by atoms with Crippen LogP contribution in [-0.2, 0) is 0 Å². The van der Waals surface area contributed by atoms with Gasteiger partial charge in [0.05, 0.1) is 7.11 Å². The molecule has 1 N–H and O–H groups in total. The fourth-order valence-corrected chi connectivity index (χ4v) is 2.18. The van der Waals surface area contributed by atoms with Crippen LogP contribution in [-0.4, -0.2) is 22.8 Å². The summed E-state index contributed by atoms with van der Waals surface area (Å²) in [5.74, 6) is -1.45. The summed E-state index contributed by atoms with van der Waals surface area (Å²) < 4.78 is 20.4. The van der Waals surface area contributed by atoms with Gasteiger partial charge in [0, 0.05) is 21.5 Å². The number of rotatable bonds is 3. The highest BCUT2D eigenvalue weighted by atomic mass is 127. The van der Waals surface area contributed by atoms with Crippen molar-refractivity contribution in [3.63, 3.8) is 0 Å². The quantitative estimate of drug-likeness (QED) is 0.856. The van der Waals surface area contributed by atoms with Crippen LogP contribution in [0.3, 0.4) is 0 Å². The van der Waals surface area contributed by atoms with E-state index in [1.165, 1.54) is 29.9 Å². The Balaban J connectivity index is 2.58. The molecule has 0 aliphatic heterocycles. The summed E-state index contributed by atoms with van der Waals surface area (Å²) in [7, 11) is 1.36. The van der Waals surface area contributed by atoms with Crippen molar-refractivity contribution in [2.75, 3.05) is 7.11 Å². The Kier molecular flexibility index (Phi) is 3.55. The van der Waals surface area contributed by atoms with Crippen LogP contribution in [0.5, 0.6) is 5.75 Å². The second-order valence-corrected chi connectivity index (χ2v) is 4.78. The largest absolute Gasteiger partial charge is 0.494 e. The van der Waals surface area contributed by atoms with Gasteiger partial charge in [-0.1, -0.05) is 0 Å². The van der Waals surface area contributed by atoms with Gasteiger partial charge < -0.3 is 14.4 Å². The SMILES string of the molecule is COc1cc(-n2cc(I)cc2C(=O)O)ccc1F. The number of hydrogen-bond acceptors (Lipinski definition) is 2. The molecule has 94 valence electrons. The monoisotopic (exact) mass is 361 g/mol. The summed E-state index contributed by atoms with van der Waals surface area (Å²) in [4.78, 5) is 11.1. The van der Waals surface area contributed by atoms with Crippen molar-refractivity contribution in [2.24, 2.45) is 0 Å². The highest BCUT2D eigenvalue weighted by molar-refractivity contribution is 14.1. The van der Waals surface area contributed by atoms with Gasteiger partial charge in [-0.2, -0.15) is 0 Å². The van der Waals surface area contributed by atoms with Gasteiger partial charge in [-0.3, -0.25) is 0 Å². The maximum Gasteiger partial charge on any atom is 0.352 e. The van der Waals surface area contributed by atoms with Crippen molar-refractivity contribution >= 4 is 28.6 Å². The molecule has 0 unspecified atom stereocenters. The summed E-state index contributed by atoms with van der Waals surface area (Å²) in [5.41, 5.74) is 0.654. The van der Waals surface area contributed by atoms with E-state index in [2.05, 4.69) is 0 Å². The third-order valence-corrected chi connectivity index (χ3v) is 3.01. The van der Waals surface area contributed by atoms with E-state index < -0.39 is 11.8 Å². The molecule has 0 fully saturated rings. The molecular formula is C12H9FINO3. The number of carboxylic acids is 1. The maximum absolute atomic E-state index is 13.3. The highest BCUT2D eigenvalue weighted by Gasteiger charge is 2.14. The molecule has 0 saturated carbocycles. The summed E-state index contributed by atoms with van der Waals surface area (Å²) >= 11 is 2.02. The minimum absolute atomic E-state index is 0.0764. The van der Waals surface area contributed by atoms with Gasteiger partial charge in [0.1, 0.15) is 5.69 Å². The van der Waals surface area contributed by atoms with E-state index in [4.69, 9.17) is 9.84 Å². The molecule has 0 atom stereocenters. The van der Waals surface area contributed by atoms with Crippen LogP contribution in [0.4, 0.5) is 4.39 Å². The summed E-state index contributed by atoms with van der Waals surface area (Å²) in [6.07, 6.45) is 1.66. The third kappa shape index (κ3) is 2.33. The molecule has 2 rings (SSSR count). The van der Waals surface area contributed by atoms with Crippen LogP contribution in [0.15, 0.2) is 30.5 Å². The average Bonchev–Trinajstić information content (AvgIpc) is 2.72. The Labute approximate surface area is 116 Å². The van der Waals surface area contributed by atoms with Gasteiger partial charge in [0.15, 0.2) is 11.6 Å². The molecule has 1 aromatic heterocycles. The van der Waals surface area contributed by atoms with Crippen molar-refractivity contribution in [2.45, 2.75) is 0 Å². The third-order valence-electron chi connectivity index (χ3n) is 2.42. The van der Waals surface area contributed by atoms with E-state index in [1.54, 1.807) is 12.3 Å². The smallest absolute Gasteiger partial charge is 0.352 e. The van der Waals surface area contributed by atoms with Crippen LogP contribution in [0, 0.1) is 9.39 Å². The van der Waals surface area contributed by atoms with Gasteiger partial charge in [-0.25, -0.2) is 9.18 Å². The molecule has 1 aromatic carbocycles. The van der Waals surface area contributed by atoms with Crippen LogP contribution in [0.2, 0.25) is 0 Å². The first-order valence-electron chi connectivity index (χ1n) is 4.98. The number of benzene rings is 1. The predicted molar refractivity (Wildman–Crippen MR) is 72.0 cm³/mol. The normalized spacial score (nSPS) is 10.4. The maximum atomic E-state index is 13.3. The number of carboxylic acid groups (broad SMARTS) is 1. The average molecular weight is 361 g/mol. The number of hydrogen-bond donors (Lipinski definition) is 1. The fourth-order valence-electron chi connectivity index (χ4n) is 1.61. The van der Waals surface area contributed by atoms with Crippen molar-refractivity contribution in [3.8, 4) is 11.4 Å². The molecule has 0 amide bonds. The topological polar surface area (TPSA) is 51.5 Å². The van der Waals surface area contributed by atoms with Gasteiger partial charge in [0.25, 0.3) is 0 Å². The van der Waals surface area contributed by atoms with Crippen molar-refractivity contribution in [1.29, 1.82) is 0 Å². The summed E-state index contributed by atoms with van der Waals surface area (Å²) in [5, 5.41) is 9.09. The first kappa shape index (κ1) is 12.9. The van der Waals surface area contributed by atoms with Gasteiger partial charge in [-0.15, -0.1) is 0 Å². The molecule has 1 heterocycles. The van der Waals surface area contributed by atoms with Crippen molar-refractivity contribution < 1.29 is 19.0 Å². The van der Waals surface area contributed by atoms with Gasteiger partial charge in [-0.05, 0) is 40.8 Å². The molecule has 0 aliphatic rings. The number of carbonyl (C=O) groups is 1. The molecule has 18 heavy (non-hydrogen) atoms. The van der Waals surface area contributed by atoms with E-state index in [0.717, 1.165) is 3.57 Å². The lowest BCUT2D eigenvalue weighted by Crippen LogP contribution is -2.06. The van der Waals surface area contributed by atoms with Gasteiger partial charge in [0.2, 0.25) is 0 Å². The van der Waals surface area contributed by atoms with Crippen LogP contribution < -0.4 is 4.74 Å². The zero-order valence-electron chi connectivity index (χ0n) is 9.35. The second-order valence-electron chi connectivity index (χ2n) is 3.54. The molecule has 0 radical (unpaired) electrons. The van der Waals surface area contributed by atoms with E-state index in [1.807, 2.05) is 22.6 Å². The summed E-state index contributed by atoms with van der Waals surface area (Å²) in [6, 6.07) is 5.74. The van der Waals surface area contributed by atoms with Crippen molar-refractivity contribution in [1.82, 2.24) is 4.57 Å². The number of ether oxygens (including phenoxy) is 1. The molecular weight excluding hydrogens is 352 g/mol. The number of methoxy groups -OCH3 is 1. The van der Waals surface area contributed by atoms with Crippen LogP contribution in [0.25, 0.3) is 5.69 Å². The lowest BCUT2D eigenvalue weighted by Gasteiger charge is -2.08. The number of halogens is 2. The Hall–Kier alpha value is -1.57. The molecule has 0 bridgehead atoms. The Morgan fingerprint density at radius 1 is 1.44 bits per heavy atom. The highest BCUT2D eigenvalue weighted by Crippen LogP contribution is 2.23. The predicted octanol–water partition coefficient (Wildman–Crippen LogP) is 2.93. The minimum atomic E-state index is -1.04. The van der Waals surface area contributed by atoms with E-state index in [0.29, 0.717) is 5.69 Å². The Bertz CT molecular complexity index is 609. The van der Waals surface area contributed by atoms with E-state index >= 15 is 0 Å². The first-order chi connectivity index (χ1) is 8.52. The Morgan fingerprint density at radius 2 is 2.17 bits per heavy atom. The van der Waals surface area contributed by atoms with Crippen LogP contribution >= 0.6 is 22.6 Å². The lowest BCUT2D eigenvalue weighted by molar-refractivity contribution is 0.0688. The van der Waals surface area contributed by atoms with Crippen LogP contribution in [0.1, 0.15) is 10.5 Å². The molecule has 4 nitrogen and oxygen atoms in total. The van der Waals surface area contributed by atoms with Gasteiger partial charge >= 0.3 is 5.97 Å². The first-order valence-corrected chi connectivity index (χ1v) is 6.06. The standard InChI is InChI=1S/C12H9FINO3/c1-18-11-5-8(2-3-9(11)13)15-6-7(14)4-10(15)12(16)17/h2-6H,1H3,(H,16,17). The summed E-state index contributed by atoms with van der Waals surface area (Å²) in [6.45, 7) is 0. The lowest BCUT2D eigenvalue weighted by atomic mass is 10.2.